The van der Waals surface area contributed by atoms with E-state index in [0.29, 0.717) is 12.8 Å². The van der Waals surface area contributed by atoms with Crippen molar-refractivity contribution in [3.8, 4) is 0 Å². The zero-order valence-electron chi connectivity index (χ0n) is 14.7. The first kappa shape index (κ1) is 20.5. The van der Waals surface area contributed by atoms with Crippen molar-refractivity contribution < 1.29 is 24.9 Å². The fourth-order valence-corrected chi connectivity index (χ4v) is 2.64. The summed E-state index contributed by atoms with van der Waals surface area (Å²) in [6.45, 7) is 5.16. The molecule has 134 valence electrons. The monoisotopic (exact) mass is 336 g/mol. The van der Waals surface area contributed by atoms with Crippen LogP contribution in [0.25, 0.3) is 0 Å². The first-order valence-corrected chi connectivity index (χ1v) is 8.18. The standard InChI is InChI=1S/C14H16O2.C5H12O3/c1-9-3-4-14(10(2)5-9)11-6-12(15)8-13(16)7-11;1-5(2-6,3-7)4-8/h3-5,11H,6-8H2,1-2H3;6-8H,2-4H2,1H3. The number of hydrogen-bond donors (Lipinski definition) is 3. The summed E-state index contributed by atoms with van der Waals surface area (Å²) in [5.74, 6) is 0.275. The molecule has 1 fully saturated rings. The van der Waals surface area contributed by atoms with Crippen LogP contribution < -0.4 is 0 Å². The Labute approximate surface area is 143 Å². The summed E-state index contributed by atoms with van der Waals surface area (Å²) in [6.07, 6.45) is 1.19. The highest BCUT2D eigenvalue weighted by Crippen LogP contribution is 2.31. The van der Waals surface area contributed by atoms with Gasteiger partial charge in [-0.3, -0.25) is 9.59 Å². The molecule has 1 saturated carbocycles. The van der Waals surface area contributed by atoms with Crippen LogP contribution in [0, 0.1) is 19.3 Å². The van der Waals surface area contributed by atoms with Crippen molar-refractivity contribution in [2.24, 2.45) is 5.41 Å². The van der Waals surface area contributed by atoms with E-state index < -0.39 is 5.41 Å². The molecule has 0 atom stereocenters. The van der Waals surface area contributed by atoms with Crippen LogP contribution in [-0.4, -0.2) is 46.7 Å². The van der Waals surface area contributed by atoms with E-state index in [1.807, 2.05) is 19.9 Å². The Kier molecular flexibility index (Phi) is 7.73. The minimum absolute atomic E-state index is 0.0845. The van der Waals surface area contributed by atoms with Crippen LogP contribution in [0.4, 0.5) is 0 Å². The molecule has 0 amide bonds. The van der Waals surface area contributed by atoms with E-state index in [0.717, 1.165) is 5.56 Å². The minimum Gasteiger partial charge on any atom is -0.396 e. The van der Waals surface area contributed by atoms with Crippen LogP contribution >= 0.6 is 0 Å². The number of carbonyl (C=O) groups is 2. The third-order valence-corrected chi connectivity index (χ3v) is 4.35. The maximum Gasteiger partial charge on any atom is 0.140 e. The van der Waals surface area contributed by atoms with E-state index in [4.69, 9.17) is 15.3 Å². The van der Waals surface area contributed by atoms with Crippen molar-refractivity contribution in [1.29, 1.82) is 0 Å². The summed E-state index contributed by atoms with van der Waals surface area (Å²) in [5.41, 5.74) is 2.86. The highest BCUT2D eigenvalue weighted by Gasteiger charge is 2.27. The summed E-state index contributed by atoms with van der Waals surface area (Å²) in [6, 6.07) is 6.21. The van der Waals surface area contributed by atoms with Crippen LogP contribution in [-0.2, 0) is 9.59 Å². The zero-order chi connectivity index (χ0) is 18.3. The molecule has 0 unspecified atom stereocenters. The average molecular weight is 336 g/mol. The SMILES string of the molecule is CC(CO)(CO)CO.Cc1ccc(C2CC(=O)CC(=O)C2)c(C)c1. The molecule has 0 aromatic heterocycles. The number of aryl methyl sites for hydroxylation is 2. The van der Waals surface area contributed by atoms with Gasteiger partial charge in [-0.05, 0) is 30.9 Å². The van der Waals surface area contributed by atoms with Crippen molar-refractivity contribution >= 4 is 11.6 Å². The maximum atomic E-state index is 11.4. The van der Waals surface area contributed by atoms with Gasteiger partial charge in [0.2, 0.25) is 0 Å². The number of rotatable bonds is 4. The first-order chi connectivity index (χ1) is 11.2. The van der Waals surface area contributed by atoms with Crippen LogP contribution in [0.3, 0.4) is 0 Å². The molecular weight excluding hydrogens is 308 g/mol. The van der Waals surface area contributed by atoms with Gasteiger partial charge in [0.1, 0.15) is 11.6 Å². The number of aliphatic hydroxyl groups is 3. The largest absolute Gasteiger partial charge is 0.396 e. The highest BCUT2D eigenvalue weighted by molar-refractivity contribution is 6.02. The van der Waals surface area contributed by atoms with Gasteiger partial charge in [-0.2, -0.15) is 0 Å². The summed E-state index contributed by atoms with van der Waals surface area (Å²) in [4.78, 5) is 22.8. The zero-order valence-corrected chi connectivity index (χ0v) is 14.7. The third-order valence-electron chi connectivity index (χ3n) is 4.35. The highest BCUT2D eigenvalue weighted by atomic mass is 16.3. The number of ketones is 2. The topological polar surface area (TPSA) is 94.8 Å². The van der Waals surface area contributed by atoms with Crippen molar-refractivity contribution in [3.63, 3.8) is 0 Å². The van der Waals surface area contributed by atoms with E-state index in [1.54, 1.807) is 6.92 Å². The lowest BCUT2D eigenvalue weighted by atomic mass is 9.81. The molecule has 5 nitrogen and oxygen atoms in total. The fraction of sp³-hybridized carbons (Fsp3) is 0.579. The second-order valence-corrected chi connectivity index (χ2v) is 7.00. The van der Waals surface area contributed by atoms with Gasteiger partial charge in [0.15, 0.2) is 0 Å². The molecule has 1 aliphatic rings. The second kappa shape index (κ2) is 9.06. The molecule has 0 heterocycles. The van der Waals surface area contributed by atoms with Gasteiger partial charge in [0, 0.05) is 18.3 Å². The fourth-order valence-electron chi connectivity index (χ4n) is 2.64. The Morgan fingerprint density at radius 2 is 1.50 bits per heavy atom. The average Bonchev–Trinajstić information content (AvgIpc) is 2.53. The minimum atomic E-state index is -0.708. The summed E-state index contributed by atoms with van der Waals surface area (Å²) >= 11 is 0. The molecule has 1 aromatic rings. The van der Waals surface area contributed by atoms with E-state index in [2.05, 4.69) is 12.1 Å². The third kappa shape index (κ3) is 5.82. The van der Waals surface area contributed by atoms with Gasteiger partial charge in [0.25, 0.3) is 0 Å². The molecule has 0 aliphatic heterocycles. The van der Waals surface area contributed by atoms with Gasteiger partial charge >= 0.3 is 0 Å². The van der Waals surface area contributed by atoms with E-state index in [-0.39, 0.29) is 43.7 Å². The molecule has 24 heavy (non-hydrogen) atoms. The van der Waals surface area contributed by atoms with Crippen molar-refractivity contribution in [2.45, 2.75) is 46.0 Å². The van der Waals surface area contributed by atoms with Gasteiger partial charge in [-0.25, -0.2) is 0 Å². The number of aliphatic hydroxyl groups excluding tert-OH is 3. The normalized spacial score (nSPS) is 15.9. The van der Waals surface area contributed by atoms with E-state index in [1.165, 1.54) is 11.1 Å². The molecule has 1 aromatic carbocycles. The van der Waals surface area contributed by atoms with Crippen LogP contribution in [0.2, 0.25) is 0 Å². The lowest BCUT2D eigenvalue weighted by Gasteiger charge is -2.22. The Hall–Kier alpha value is -1.56. The molecule has 5 heteroatoms. The smallest absolute Gasteiger partial charge is 0.140 e. The maximum absolute atomic E-state index is 11.4. The Morgan fingerprint density at radius 1 is 1.00 bits per heavy atom. The Balaban J connectivity index is 0.000000307. The van der Waals surface area contributed by atoms with Gasteiger partial charge < -0.3 is 15.3 Å². The molecule has 0 bridgehead atoms. The Morgan fingerprint density at radius 3 is 1.88 bits per heavy atom. The lowest BCUT2D eigenvalue weighted by molar-refractivity contribution is -0.130. The molecule has 0 saturated heterocycles. The summed E-state index contributed by atoms with van der Waals surface area (Å²) < 4.78 is 0. The van der Waals surface area contributed by atoms with E-state index in [9.17, 15) is 9.59 Å². The molecule has 0 radical (unpaired) electrons. The van der Waals surface area contributed by atoms with Crippen molar-refractivity contribution in [2.75, 3.05) is 19.8 Å². The number of Topliss-reactive ketones (excluding diaryl/α,β-unsaturated/α-hetero) is 2. The van der Waals surface area contributed by atoms with Crippen LogP contribution in [0.5, 0.6) is 0 Å². The molecule has 0 spiro atoms. The second-order valence-electron chi connectivity index (χ2n) is 7.00. The van der Waals surface area contributed by atoms with Crippen LogP contribution in [0.15, 0.2) is 18.2 Å². The van der Waals surface area contributed by atoms with Crippen molar-refractivity contribution in [1.82, 2.24) is 0 Å². The molecule has 3 N–H and O–H groups in total. The first-order valence-electron chi connectivity index (χ1n) is 8.18. The summed E-state index contributed by atoms with van der Waals surface area (Å²) in [7, 11) is 0. The van der Waals surface area contributed by atoms with Gasteiger partial charge in [0.05, 0.1) is 26.2 Å². The number of carbonyl (C=O) groups excluding carboxylic acids is 2. The van der Waals surface area contributed by atoms with Crippen molar-refractivity contribution in [3.05, 3.63) is 34.9 Å². The predicted molar refractivity (Wildman–Crippen MR) is 91.9 cm³/mol. The van der Waals surface area contributed by atoms with Gasteiger partial charge in [-0.1, -0.05) is 30.7 Å². The summed E-state index contributed by atoms with van der Waals surface area (Å²) in [5, 5.41) is 25.4. The Bertz CT molecular complexity index is 551. The quantitative estimate of drug-likeness (QED) is 0.727. The number of benzene rings is 1. The predicted octanol–water partition coefficient (Wildman–Crippen LogP) is 1.68. The van der Waals surface area contributed by atoms with Gasteiger partial charge in [-0.15, -0.1) is 0 Å². The molecule has 2 rings (SSSR count). The molecule has 1 aliphatic carbocycles. The molecular formula is C19H28O5. The van der Waals surface area contributed by atoms with E-state index >= 15 is 0 Å². The number of hydrogen-bond acceptors (Lipinski definition) is 5. The lowest BCUT2D eigenvalue weighted by Crippen LogP contribution is -2.29. The van der Waals surface area contributed by atoms with Crippen LogP contribution in [0.1, 0.15) is 48.8 Å².